The third kappa shape index (κ3) is 3.87. The van der Waals surface area contributed by atoms with Gasteiger partial charge in [-0.05, 0) is 37.5 Å². The first-order valence-corrected chi connectivity index (χ1v) is 10.1. The van der Waals surface area contributed by atoms with Crippen molar-refractivity contribution in [2.75, 3.05) is 13.2 Å². The van der Waals surface area contributed by atoms with Crippen molar-refractivity contribution in [1.82, 2.24) is 5.32 Å². The molecule has 27 heavy (non-hydrogen) atoms. The third-order valence-electron chi connectivity index (χ3n) is 6.84. The van der Waals surface area contributed by atoms with Gasteiger partial charge < -0.3 is 15.8 Å². The number of nitrogens with one attached hydrogen (secondary N) is 1. The fraction of sp³-hybridized carbons (Fsp3) is 0.667. The molecule has 0 heterocycles. The molecule has 0 aromatic heterocycles. The SMILES string of the molecule is CCOC1CC(N)(C(=O)NCC2(c3ccc(Cl)cc3)CCCC2)C1(C)C.Cl. The van der Waals surface area contributed by atoms with Gasteiger partial charge in [0.1, 0.15) is 5.54 Å². The number of hydrogen-bond acceptors (Lipinski definition) is 3. The molecule has 2 aliphatic carbocycles. The van der Waals surface area contributed by atoms with Crippen molar-refractivity contribution in [1.29, 1.82) is 0 Å². The van der Waals surface area contributed by atoms with E-state index in [1.165, 1.54) is 18.4 Å². The third-order valence-corrected chi connectivity index (χ3v) is 7.09. The van der Waals surface area contributed by atoms with Gasteiger partial charge in [0.25, 0.3) is 0 Å². The maximum atomic E-state index is 13.0. The molecule has 2 saturated carbocycles. The molecule has 2 unspecified atom stereocenters. The van der Waals surface area contributed by atoms with Crippen LogP contribution >= 0.6 is 24.0 Å². The molecule has 4 nitrogen and oxygen atoms in total. The average Bonchev–Trinajstić information content (AvgIpc) is 3.10. The normalized spacial score (nSPS) is 28.1. The molecule has 2 atom stereocenters. The van der Waals surface area contributed by atoms with Crippen LogP contribution in [0.3, 0.4) is 0 Å². The summed E-state index contributed by atoms with van der Waals surface area (Å²) in [4.78, 5) is 13.0. The summed E-state index contributed by atoms with van der Waals surface area (Å²) < 4.78 is 5.74. The van der Waals surface area contributed by atoms with Crippen LogP contribution in [0.5, 0.6) is 0 Å². The molecule has 2 aliphatic rings. The Labute approximate surface area is 174 Å². The number of halogens is 2. The Morgan fingerprint density at radius 3 is 2.37 bits per heavy atom. The number of rotatable bonds is 6. The van der Waals surface area contributed by atoms with Crippen LogP contribution in [0, 0.1) is 5.41 Å². The van der Waals surface area contributed by atoms with Gasteiger partial charge in [-0.25, -0.2) is 0 Å². The lowest BCUT2D eigenvalue weighted by Crippen LogP contribution is -2.76. The Balaban J connectivity index is 0.00000261. The minimum Gasteiger partial charge on any atom is -0.378 e. The second-order valence-electron chi connectivity index (χ2n) is 8.52. The summed E-state index contributed by atoms with van der Waals surface area (Å²) in [6.45, 7) is 7.30. The van der Waals surface area contributed by atoms with Gasteiger partial charge in [0, 0.05) is 35.4 Å². The monoisotopic (exact) mass is 414 g/mol. The highest BCUT2D eigenvalue weighted by atomic mass is 35.5. The van der Waals surface area contributed by atoms with E-state index in [1.54, 1.807) is 0 Å². The van der Waals surface area contributed by atoms with E-state index in [1.807, 2.05) is 32.9 Å². The fourth-order valence-corrected chi connectivity index (χ4v) is 4.78. The molecule has 1 aromatic carbocycles. The van der Waals surface area contributed by atoms with Crippen LogP contribution in [0.4, 0.5) is 0 Å². The van der Waals surface area contributed by atoms with E-state index in [4.69, 9.17) is 22.1 Å². The van der Waals surface area contributed by atoms with Crippen molar-refractivity contribution in [3.8, 4) is 0 Å². The highest BCUT2D eigenvalue weighted by molar-refractivity contribution is 6.30. The van der Waals surface area contributed by atoms with Crippen LogP contribution in [0.25, 0.3) is 0 Å². The standard InChI is InChI=1S/C21H31ClN2O2.ClH/c1-4-26-17-13-21(23,19(17,2)3)18(25)24-14-20(11-5-6-12-20)15-7-9-16(22)10-8-15;/h7-10,17H,4-6,11-14,23H2,1-3H3,(H,24,25);1H. The molecular weight excluding hydrogens is 383 g/mol. The predicted octanol–water partition coefficient (Wildman–Crippen LogP) is 4.22. The van der Waals surface area contributed by atoms with Crippen LogP contribution in [-0.2, 0) is 14.9 Å². The van der Waals surface area contributed by atoms with Gasteiger partial charge in [-0.1, -0.05) is 50.4 Å². The zero-order chi connectivity index (χ0) is 19.0. The minimum absolute atomic E-state index is 0. The molecular formula is C21H32Cl2N2O2. The number of carbonyl (C=O) groups is 1. The summed E-state index contributed by atoms with van der Waals surface area (Å²) in [5.74, 6) is -0.0568. The van der Waals surface area contributed by atoms with Gasteiger partial charge in [0.15, 0.2) is 0 Å². The lowest BCUT2D eigenvalue weighted by molar-refractivity contribution is -0.170. The lowest BCUT2D eigenvalue weighted by Gasteiger charge is -2.57. The first-order valence-electron chi connectivity index (χ1n) is 9.70. The average molecular weight is 415 g/mol. The van der Waals surface area contributed by atoms with E-state index in [2.05, 4.69) is 17.4 Å². The molecule has 0 radical (unpaired) electrons. The molecule has 2 fully saturated rings. The summed E-state index contributed by atoms with van der Waals surface area (Å²) in [5.41, 5.74) is 6.53. The first-order chi connectivity index (χ1) is 12.2. The van der Waals surface area contributed by atoms with Crippen molar-refractivity contribution in [3.05, 3.63) is 34.9 Å². The van der Waals surface area contributed by atoms with Crippen LogP contribution in [0.2, 0.25) is 5.02 Å². The van der Waals surface area contributed by atoms with Crippen molar-refractivity contribution in [2.45, 2.75) is 69.9 Å². The summed E-state index contributed by atoms with van der Waals surface area (Å²) in [6.07, 6.45) is 5.15. The Morgan fingerprint density at radius 2 is 1.85 bits per heavy atom. The first kappa shape index (κ1) is 22.5. The van der Waals surface area contributed by atoms with Crippen LogP contribution < -0.4 is 11.1 Å². The Kier molecular flexibility index (Phi) is 6.89. The minimum atomic E-state index is -0.868. The summed E-state index contributed by atoms with van der Waals surface area (Å²) >= 11 is 6.05. The predicted molar refractivity (Wildman–Crippen MR) is 113 cm³/mol. The molecule has 1 amide bonds. The molecule has 0 spiro atoms. The number of hydrogen-bond donors (Lipinski definition) is 2. The topological polar surface area (TPSA) is 64.3 Å². The van der Waals surface area contributed by atoms with E-state index < -0.39 is 5.54 Å². The second-order valence-corrected chi connectivity index (χ2v) is 8.95. The largest absolute Gasteiger partial charge is 0.378 e. The van der Waals surface area contributed by atoms with Crippen molar-refractivity contribution >= 4 is 29.9 Å². The van der Waals surface area contributed by atoms with Crippen LogP contribution in [0.1, 0.15) is 58.4 Å². The fourth-order valence-electron chi connectivity index (χ4n) is 4.65. The quantitative estimate of drug-likeness (QED) is 0.731. The van der Waals surface area contributed by atoms with Crippen LogP contribution in [-0.4, -0.2) is 30.7 Å². The smallest absolute Gasteiger partial charge is 0.240 e. The number of amides is 1. The molecule has 1 aromatic rings. The summed E-state index contributed by atoms with van der Waals surface area (Å²) in [7, 11) is 0. The van der Waals surface area contributed by atoms with Crippen molar-refractivity contribution in [3.63, 3.8) is 0 Å². The van der Waals surface area contributed by atoms with Gasteiger partial charge in [-0.15, -0.1) is 12.4 Å². The van der Waals surface area contributed by atoms with Crippen molar-refractivity contribution < 1.29 is 9.53 Å². The van der Waals surface area contributed by atoms with Crippen molar-refractivity contribution in [2.24, 2.45) is 11.1 Å². The highest BCUT2D eigenvalue weighted by Crippen LogP contribution is 2.50. The van der Waals surface area contributed by atoms with Gasteiger partial charge >= 0.3 is 0 Å². The van der Waals surface area contributed by atoms with E-state index in [0.29, 0.717) is 19.6 Å². The van der Waals surface area contributed by atoms with Gasteiger partial charge in [-0.3, -0.25) is 4.79 Å². The number of benzene rings is 1. The summed E-state index contributed by atoms with van der Waals surface area (Å²) in [5, 5.41) is 3.93. The molecule has 0 aliphatic heterocycles. The molecule has 0 saturated heterocycles. The molecule has 152 valence electrons. The van der Waals surface area contributed by atoms with E-state index in [0.717, 1.165) is 17.9 Å². The Morgan fingerprint density at radius 1 is 1.26 bits per heavy atom. The highest BCUT2D eigenvalue weighted by Gasteiger charge is 2.63. The van der Waals surface area contributed by atoms with E-state index in [9.17, 15) is 4.79 Å². The zero-order valence-electron chi connectivity index (χ0n) is 16.5. The number of carbonyl (C=O) groups excluding carboxylic acids is 1. The number of nitrogens with two attached hydrogens (primary N) is 1. The molecule has 0 bridgehead atoms. The maximum absolute atomic E-state index is 13.0. The molecule has 3 rings (SSSR count). The Bertz CT molecular complexity index is 657. The van der Waals surface area contributed by atoms with E-state index in [-0.39, 0.29) is 35.2 Å². The second kappa shape index (κ2) is 8.28. The molecule has 3 N–H and O–H groups in total. The van der Waals surface area contributed by atoms with Crippen LogP contribution in [0.15, 0.2) is 24.3 Å². The number of ether oxygens (including phenoxy) is 1. The molecule has 6 heteroatoms. The van der Waals surface area contributed by atoms with E-state index >= 15 is 0 Å². The Hall–Kier alpha value is -0.810. The lowest BCUT2D eigenvalue weighted by atomic mass is 9.54. The zero-order valence-corrected chi connectivity index (χ0v) is 18.1. The van der Waals surface area contributed by atoms with Gasteiger partial charge in [-0.2, -0.15) is 0 Å². The van der Waals surface area contributed by atoms with Gasteiger partial charge in [0.2, 0.25) is 5.91 Å². The summed E-state index contributed by atoms with van der Waals surface area (Å²) in [6, 6.07) is 8.06. The maximum Gasteiger partial charge on any atom is 0.240 e. The van der Waals surface area contributed by atoms with Gasteiger partial charge in [0.05, 0.1) is 6.10 Å².